The second-order valence-electron chi connectivity index (χ2n) is 3.57. The predicted octanol–water partition coefficient (Wildman–Crippen LogP) is 4.98. The standard InChI is InChI=1S/C13H11BrClNS/c14-11-3-1-2-4-13(11)17-8-9-7-10(16)5-6-12(9)15/h1-7H,8,16H2. The number of nitrogen functional groups attached to an aromatic ring is 1. The van der Waals surface area contributed by atoms with Crippen LogP contribution in [-0.2, 0) is 5.75 Å². The van der Waals surface area contributed by atoms with Crippen molar-refractivity contribution in [1.29, 1.82) is 0 Å². The van der Waals surface area contributed by atoms with Crippen LogP contribution in [-0.4, -0.2) is 0 Å². The van der Waals surface area contributed by atoms with E-state index in [1.165, 1.54) is 4.90 Å². The van der Waals surface area contributed by atoms with Gasteiger partial charge in [-0.15, -0.1) is 11.8 Å². The van der Waals surface area contributed by atoms with Gasteiger partial charge in [0.1, 0.15) is 0 Å². The van der Waals surface area contributed by atoms with E-state index in [0.29, 0.717) is 0 Å². The summed E-state index contributed by atoms with van der Waals surface area (Å²) in [6.07, 6.45) is 0. The highest BCUT2D eigenvalue weighted by Gasteiger charge is 2.04. The zero-order valence-electron chi connectivity index (χ0n) is 8.99. The molecule has 0 atom stereocenters. The maximum absolute atomic E-state index is 6.12. The van der Waals surface area contributed by atoms with Crippen LogP contribution >= 0.6 is 39.3 Å². The van der Waals surface area contributed by atoms with Gasteiger partial charge in [-0.3, -0.25) is 0 Å². The highest BCUT2D eigenvalue weighted by atomic mass is 79.9. The molecule has 0 spiro atoms. The zero-order valence-corrected chi connectivity index (χ0v) is 12.1. The smallest absolute Gasteiger partial charge is 0.0448 e. The largest absolute Gasteiger partial charge is 0.399 e. The first kappa shape index (κ1) is 12.8. The van der Waals surface area contributed by atoms with E-state index in [2.05, 4.69) is 22.0 Å². The number of hydrogen-bond donors (Lipinski definition) is 1. The van der Waals surface area contributed by atoms with Gasteiger partial charge < -0.3 is 5.73 Å². The number of thioether (sulfide) groups is 1. The van der Waals surface area contributed by atoms with Gasteiger partial charge in [0.15, 0.2) is 0 Å². The Kier molecular flexibility index (Phi) is 4.37. The molecule has 17 heavy (non-hydrogen) atoms. The summed E-state index contributed by atoms with van der Waals surface area (Å²) in [5, 5.41) is 0.763. The fraction of sp³-hybridized carbons (Fsp3) is 0.0769. The molecule has 0 aromatic heterocycles. The van der Waals surface area contributed by atoms with Crippen molar-refractivity contribution in [3.05, 3.63) is 57.5 Å². The molecule has 2 aromatic carbocycles. The molecule has 2 rings (SSSR count). The highest BCUT2D eigenvalue weighted by Crippen LogP contribution is 2.32. The van der Waals surface area contributed by atoms with E-state index < -0.39 is 0 Å². The molecule has 0 saturated carbocycles. The molecular weight excluding hydrogens is 318 g/mol. The lowest BCUT2D eigenvalue weighted by Crippen LogP contribution is -1.89. The molecule has 0 unspecified atom stereocenters. The summed E-state index contributed by atoms with van der Waals surface area (Å²) in [6.45, 7) is 0. The van der Waals surface area contributed by atoms with Gasteiger partial charge in [-0.25, -0.2) is 0 Å². The molecule has 4 heteroatoms. The number of nitrogens with two attached hydrogens (primary N) is 1. The fourth-order valence-corrected chi connectivity index (χ4v) is 3.24. The average molecular weight is 329 g/mol. The van der Waals surface area contributed by atoms with Crippen molar-refractivity contribution in [3.63, 3.8) is 0 Å². The van der Waals surface area contributed by atoms with Gasteiger partial charge >= 0.3 is 0 Å². The van der Waals surface area contributed by atoms with Crippen LogP contribution in [0, 0.1) is 0 Å². The van der Waals surface area contributed by atoms with Crippen molar-refractivity contribution in [3.8, 4) is 0 Å². The topological polar surface area (TPSA) is 26.0 Å². The third kappa shape index (κ3) is 3.41. The summed E-state index contributed by atoms with van der Waals surface area (Å²) in [4.78, 5) is 1.20. The molecule has 1 nitrogen and oxygen atoms in total. The van der Waals surface area contributed by atoms with Crippen molar-refractivity contribution >= 4 is 45.0 Å². The third-order valence-electron chi connectivity index (χ3n) is 2.29. The normalized spacial score (nSPS) is 10.5. The zero-order chi connectivity index (χ0) is 12.3. The Morgan fingerprint density at radius 2 is 1.94 bits per heavy atom. The molecule has 0 bridgehead atoms. The van der Waals surface area contributed by atoms with Gasteiger partial charge in [0, 0.05) is 25.8 Å². The van der Waals surface area contributed by atoms with E-state index in [-0.39, 0.29) is 0 Å². The lowest BCUT2D eigenvalue weighted by Gasteiger charge is -2.06. The number of anilines is 1. The minimum Gasteiger partial charge on any atom is -0.399 e. The van der Waals surface area contributed by atoms with Gasteiger partial charge in [0.05, 0.1) is 0 Å². The Hall–Kier alpha value is -0.640. The van der Waals surface area contributed by atoms with Crippen LogP contribution in [0.25, 0.3) is 0 Å². The van der Waals surface area contributed by atoms with Gasteiger partial charge in [0.2, 0.25) is 0 Å². The summed E-state index contributed by atoms with van der Waals surface area (Å²) in [5.41, 5.74) is 7.56. The van der Waals surface area contributed by atoms with Gasteiger partial charge in [-0.05, 0) is 51.8 Å². The van der Waals surface area contributed by atoms with Crippen molar-refractivity contribution in [2.75, 3.05) is 5.73 Å². The van der Waals surface area contributed by atoms with Crippen molar-refractivity contribution in [1.82, 2.24) is 0 Å². The molecule has 2 N–H and O–H groups in total. The molecular formula is C13H11BrClNS. The monoisotopic (exact) mass is 327 g/mol. The fourth-order valence-electron chi connectivity index (χ4n) is 1.42. The molecule has 0 amide bonds. The molecule has 0 fully saturated rings. The molecule has 0 aliphatic carbocycles. The highest BCUT2D eigenvalue weighted by molar-refractivity contribution is 9.10. The first-order valence-corrected chi connectivity index (χ1v) is 7.23. The second-order valence-corrected chi connectivity index (χ2v) is 5.85. The molecule has 0 aliphatic heterocycles. The Bertz CT molecular complexity index is 531. The molecule has 88 valence electrons. The molecule has 2 aromatic rings. The molecule has 0 heterocycles. The summed E-state index contributed by atoms with van der Waals surface area (Å²) in [6, 6.07) is 13.7. The Labute approximate surface area is 118 Å². The van der Waals surface area contributed by atoms with Crippen molar-refractivity contribution in [2.24, 2.45) is 0 Å². The summed E-state index contributed by atoms with van der Waals surface area (Å²) in [5.74, 6) is 0.812. The molecule has 0 saturated heterocycles. The number of benzene rings is 2. The number of halogens is 2. The minimum atomic E-state index is 0.747. The van der Waals surface area contributed by atoms with Gasteiger partial charge in [-0.1, -0.05) is 23.7 Å². The van der Waals surface area contributed by atoms with Crippen molar-refractivity contribution in [2.45, 2.75) is 10.6 Å². The van der Waals surface area contributed by atoms with E-state index >= 15 is 0 Å². The van der Waals surface area contributed by atoms with Crippen LogP contribution in [0.2, 0.25) is 5.02 Å². The third-order valence-corrected chi connectivity index (χ3v) is 4.73. The van der Waals surface area contributed by atoms with E-state index in [1.54, 1.807) is 11.8 Å². The predicted molar refractivity (Wildman–Crippen MR) is 79.6 cm³/mol. The maximum Gasteiger partial charge on any atom is 0.0448 e. The van der Waals surface area contributed by atoms with E-state index in [0.717, 1.165) is 26.5 Å². The summed E-state index contributed by atoms with van der Waals surface area (Å²) in [7, 11) is 0. The molecule has 0 radical (unpaired) electrons. The van der Waals surface area contributed by atoms with Crippen LogP contribution in [0.5, 0.6) is 0 Å². The van der Waals surface area contributed by atoms with Gasteiger partial charge in [-0.2, -0.15) is 0 Å². The van der Waals surface area contributed by atoms with E-state index in [1.807, 2.05) is 36.4 Å². The quantitative estimate of drug-likeness (QED) is 0.635. The Morgan fingerprint density at radius 1 is 1.18 bits per heavy atom. The van der Waals surface area contributed by atoms with Crippen LogP contribution in [0.15, 0.2) is 51.8 Å². The lowest BCUT2D eigenvalue weighted by molar-refractivity contribution is 1.36. The average Bonchev–Trinajstić information content (AvgIpc) is 2.32. The lowest BCUT2D eigenvalue weighted by atomic mass is 10.2. The Morgan fingerprint density at radius 3 is 2.71 bits per heavy atom. The van der Waals surface area contributed by atoms with Crippen molar-refractivity contribution < 1.29 is 0 Å². The summed E-state index contributed by atoms with van der Waals surface area (Å²) < 4.78 is 1.10. The first-order chi connectivity index (χ1) is 8.16. The summed E-state index contributed by atoms with van der Waals surface area (Å²) >= 11 is 11.4. The SMILES string of the molecule is Nc1ccc(Cl)c(CSc2ccccc2Br)c1. The second kappa shape index (κ2) is 5.80. The van der Waals surface area contributed by atoms with E-state index in [9.17, 15) is 0 Å². The van der Waals surface area contributed by atoms with E-state index in [4.69, 9.17) is 17.3 Å². The van der Waals surface area contributed by atoms with Crippen LogP contribution in [0.3, 0.4) is 0 Å². The Balaban J connectivity index is 2.12. The molecule has 0 aliphatic rings. The van der Waals surface area contributed by atoms with Gasteiger partial charge in [0.25, 0.3) is 0 Å². The first-order valence-electron chi connectivity index (χ1n) is 5.08. The minimum absolute atomic E-state index is 0.747. The van der Waals surface area contributed by atoms with Crippen LogP contribution < -0.4 is 5.73 Å². The number of rotatable bonds is 3. The maximum atomic E-state index is 6.12. The van der Waals surface area contributed by atoms with Crippen LogP contribution in [0.1, 0.15) is 5.56 Å². The van der Waals surface area contributed by atoms with Crippen LogP contribution in [0.4, 0.5) is 5.69 Å². The number of hydrogen-bond acceptors (Lipinski definition) is 2.